The van der Waals surface area contributed by atoms with Crippen molar-refractivity contribution < 1.29 is 9.47 Å². The van der Waals surface area contributed by atoms with Crippen LogP contribution in [0.1, 0.15) is 0 Å². The molecule has 0 aliphatic rings. The second-order valence-electron chi connectivity index (χ2n) is 2.12. The third kappa shape index (κ3) is 3.10. The lowest BCUT2D eigenvalue weighted by molar-refractivity contribution is 0.179. The summed E-state index contributed by atoms with van der Waals surface area (Å²) in [4.78, 5) is 0. The van der Waals surface area contributed by atoms with Crippen LogP contribution in [0.25, 0.3) is 0 Å². The minimum Gasteiger partial charge on any atom is -0.498 e. The fourth-order valence-corrected chi connectivity index (χ4v) is 0.759. The summed E-state index contributed by atoms with van der Waals surface area (Å²) in [5.41, 5.74) is 0. The van der Waals surface area contributed by atoms with Gasteiger partial charge in [0.05, 0.1) is 6.26 Å². The fourth-order valence-electron chi connectivity index (χ4n) is 0.759. The third-order valence-corrected chi connectivity index (χ3v) is 1.28. The van der Waals surface area contributed by atoms with Crippen LogP contribution in [0.2, 0.25) is 0 Å². The van der Waals surface area contributed by atoms with Crippen LogP contribution in [-0.4, -0.2) is 13.2 Å². The Labute approximate surface area is 72.4 Å². The third-order valence-electron chi connectivity index (χ3n) is 1.28. The Bertz CT molecular complexity index is 219. The van der Waals surface area contributed by atoms with Crippen molar-refractivity contribution in [1.29, 1.82) is 0 Å². The molecule has 0 aliphatic heterocycles. The van der Waals surface area contributed by atoms with Crippen molar-refractivity contribution in [2.24, 2.45) is 0 Å². The summed E-state index contributed by atoms with van der Waals surface area (Å²) < 4.78 is 10.2. The van der Waals surface area contributed by atoms with Gasteiger partial charge in [-0.2, -0.15) is 0 Å². The average Bonchev–Trinajstić information content (AvgIpc) is 2.14. The Morgan fingerprint density at radius 2 is 2.08 bits per heavy atom. The highest BCUT2D eigenvalue weighted by Gasteiger charge is 1.89. The van der Waals surface area contributed by atoms with Gasteiger partial charge in [0.15, 0.2) is 0 Å². The highest BCUT2D eigenvalue weighted by Crippen LogP contribution is 2.07. The summed E-state index contributed by atoms with van der Waals surface area (Å²) in [6.45, 7) is 4.49. The van der Waals surface area contributed by atoms with E-state index < -0.39 is 0 Å². The van der Waals surface area contributed by atoms with Gasteiger partial charge < -0.3 is 9.47 Å². The van der Waals surface area contributed by atoms with Crippen molar-refractivity contribution in [2.75, 3.05) is 13.2 Å². The monoisotopic (exact) mass is 163 g/mol. The van der Waals surface area contributed by atoms with Crippen LogP contribution >= 0.6 is 0 Å². The van der Waals surface area contributed by atoms with E-state index in [-0.39, 0.29) is 0 Å². The first-order chi connectivity index (χ1) is 5.93. The molecule has 0 unspecified atom stereocenters. The predicted octanol–water partition coefficient (Wildman–Crippen LogP) is 2.03. The van der Waals surface area contributed by atoms with E-state index in [4.69, 9.17) is 9.47 Å². The molecule has 63 valence electrons. The maximum absolute atomic E-state index is 5.32. The molecule has 1 rings (SSSR count). The van der Waals surface area contributed by atoms with E-state index in [1.807, 2.05) is 24.3 Å². The summed E-state index contributed by atoms with van der Waals surface area (Å²) in [5, 5.41) is 0. The number of benzene rings is 1. The zero-order valence-electron chi connectivity index (χ0n) is 6.82. The standard InChI is InChI=1S/C10H11O2/c1-2-11-8-9-12-10-6-4-3-5-7-10/h2,4-7H,1,8-9H2. The Balaban J connectivity index is 2.20. The molecule has 0 heterocycles. The molecule has 0 aliphatic carbocycles. The fraction of sp³-hybridized carbons (Fsp3) is 0.200. The molecule has 2 nitrogen and oxygen atoms in total. The van der Waals surface area contributed by atoms with E-state index in [9.17, 15) is 0 Å². The van der Waals surface area contributed by atoms with Gasteiger partial charge in [0, 0.05) is 0 Å². The highest BCUT2D eigenvalue weighted by atomic mass is 16.5. The van der Waals surface area contributed by atoms with Gasteiger partial charge in [-0.15, -0.1) is 0 Å². The van der Waals surface area contributed by atoms with E-state index in [0.717, 1.165) is 5.75 Å². The predicted molar refractivity (Wildman–Crippen MR) is 46.9 cm³/mol. The van der Waals surface area contributed by atoms with Crippen LogP contribution in [0.15, 0.2) is 37.1 Å². The topological polar surface area (TPSA) is 18.5 Å². The summed E-state index contributed by atoms with van der Waals surface area (Å²) in [6, 6.07) is 10.2. The first-order valence-electron chi connectivity index (χ1n) is 3.75. The molecule has 2 heteroatoms. The van der Waals surface area contributed by atoms with Gasteiger partial charge in [0.25, 0.3) is 0 Å². The molecule has 0 N–H and O–H groups in total. The maximum Gasteiger partial charge on any atom is 0.122 e. The second-order valence-corrected chi connectivity index (χ2v) is 2.12. The Kier molecular flexibility index (Phi) is 3.78. The minimum absolute atomic E-state index is 0.530. The molecule has 1 radical (unpaired) electrons. The zero-order chi connectivity index (χ0) is 8.65. The van der Waals surface area contributed by atoms with E-state index in [1.54, 1.807) is 0 Å². The minimum atomic E-state index is 0.530. The van der Waals surface area contributed by atoms with Crippen LogP contribution in [0.5, 0.6) is 5.75 Å². The normalized spacial score (nSPS) is 9.00. The lowest BCUT2D eigenvalue weighted by atomic mass is 10.3. The van der Waals surface area contributed by atoms with Crippen LogP contribution < -0.4 is 4.74 Å². The number of hydrogen-bond acceptors (Lipinski definition) is 2. The van der Waals surface area contributed by atoms with Gasteiger partial charge >= 0.3 is 0 Å². The molecule has 1 aromatic rings. The van der Waals surface area contributed by atoms with Gasteiger partial charge in [0.2, 0.25) is 0 Å². The van der Waals surface area contributed by atoms with Crippen molar-refractivity contribution in [3.63, 3.8) is 0 Å². The van der Waals surface area contributed by atoms with Crippen LogP contribution in [0.3, 0.4) is 0 Å². The number of rotatable bonds is 5. The van der Waals surface area contributed by atoms with Gasteiger partial charge in [-0.25, -0.2) is 0 Å². The molecule has 1 aromatic carbocycles. The quantitative estimate of drug-likeness (QED) is 0.488. The van der Waals surface area contributed by atoms with Gasteiger partial charge in [-0.3, -0.25) is 0 Å². The lowest BCUT2D eigenvalue weighted by Gasteiger charge is -2.04. The van der Waals surface area contributed by atoms with Gasteiger partial charge in [-0.05, 0) is 18.2 Å². The average molecular weight is 163 g/mol. The van der Waals surface area contributed by atoms with Crippen LogP contribution in [0.4, 0.5) is 0 Å². The number of hydrogen-bond donors (Lipinski definition) is 0. The molecule has 0 amide bonds. The van der Waals surface area contributed by atoms with Crippen molar-refractivity contribution >= 4 is 0 Å². The van der Waals surface area contributed by atoms with Crippen LogP contribution in [-0.2, 0) is 4.74 Å². The van der Waals surface area contributed by atoms with E-state index in [1.165, 1.54) is 6.26 Å². The Morgan fingerprint density at radius 3 is 2.75 bits per heavy atom. The van der Waals surface area contributed by atoms with Gasteiger partial charge in [-0.1, -0.05) is 18.7 Å². The summed E-state index contributed by atoms with van der Waals surface area (Å²) in [5.74, 6) is 0.835. The summed E-state index contributed by atoms with van der Waals surface area (Å²) in [7, 11) is 0. The van der Waals surface area contributed by atoms with E-state index >= 15 is 0 Å². The molecule has 0 bridgehead atoms. The van der Waals surface area contributed by atoms with E-state index in [0.29, 0.717) is 13.2 Å². The molecular weight excluding hydrogens is 152 g/mol. The molecule has 0 saturated heterocycles. The van der Waals surface area contributed by atoms with Gasteiger partial charge in [0.1, 0.15) is 19.0 Å². The molecule has 0 aromatic heterocycles. The first-order valence-corrected chi connectivity index (χ1v) is 3.75. The zero-order valence-corrected chi connectivity index (χ0v) is 6.82. The maximum atomic E-state index is 5.32. The molecular formula is C10H11O2. The van der Waals surface area contributed by atoms with Crippen LogP contribution in [0, 0.1) is 6.07 Å². The lowest BCUT2D eigenvalue weighted by Crippen LogP contribution is -2.03. The van der Waals surface area contributed by atoms with E-state index in [2.05, 4.69) is 12.6 Å². The molecule has 0 saturated carbocycles. The molecule has 0 fully saturated rings. The molecule has 12 heavy (non-hydrogen) atoms. The molecule has 0 spiro atoms. The SMILES string of the molecule is C=COCCOc1cc[c]cc1. The number of ether oxygens (including phenoxy) is 2. The highest BCUT2D eigenvalue weighted by molar-refractivity contribution is 5.20. The first kappa shape index (κ1) is 8.65. The summed E-state index contributed by atoms with van der Waals surface area (Å²) in [6.07, 6.45) is 1.40. The Morgan fingerprint density at radius 1 is 1.33 bits per heavy atom. The Hall–Kier alpha value is -1.44. The summed E-state index contributed by atoms with van der Waals surface area (Å²) >= 11 is 0. The molecule has 0 atom stereocenters. The van der Waals surface area contributed by atoms with Crippen molar-refractivity contribution in [1.82, 2.24) is 0 Å². The smallest absolute Gasteiger partial charge is 0.122 e. The largest absolute Gasteiger partial charge is 0.498 e. The second kappa shape index (κ2) is 5.24. The van der Waals surface area contributed by atoms with Crippen molar-refractivity contribution in [2.45, 2.75) is 0 Å². The van der Waals surface area contributed by atoms with Crippen molar-refractivity contribution in [3.05, 3.63) is 43.2 Å². The van der Waals surface area contributed by atoms with Crippen molar-refractivity contribution in [3.8, 4) is 5.75 Å².